The molecular formula is C14H19NO. The van der Waals surface area contributed by atoms with Crippen LogP contribution in [0.5, 0.6) is 0 Å². The molecule has 0 fully saturated rings. The molecule has 0 heterocycles. The molecule has 1 aliphatic carbocycles. The first-order valence-electron chi connectivity index (χ1n) is 5.83. The zero-order valence-corrected chi connectivity index (χ0v) is 9.99. The Morgan fingerprint density at radius 3 is 2.69 bits per heavy atom. The highest BCUT2D eigenvalue weighted by molar-refractivity contribution is 5.79. The first kappa shape index (κ1) is 12.5. The molecule has 1 aliphatic rings. The van der Waals surface area contributed by atoms with Crippen molar-refractivity contribution in [3.05, 3.63) is 41.5 Å². The minimum Gasteiger partial charge on any atom is -0.370 e. The zero-order chi connectivity index (χ0) is 12.0. The van der Waals surface area contributed by atoms with Gasteiger partial charge in [0.2, 0.25) is 5.91 Å². The third-order valence-electron chi connectivity index (χ3n) is 2.57. The molecule has 0 saturated carbocycles. The lowest BCUT2D eigenvalue weighted by molar-refractivity contribution is -0.117. The number of carbonyl (C=O) groups is 1. The van der Waals surface area contributed by atoms with E-state index in [0.29, 0.717) is 6.42 Å². The Morgan fingerprint density at radius 2 is 2.00 bits per heavy atom. The maximum absolute atomic E-state index is 10.7. The summed E-state index contributed by atoms with van der Waals surface area (Å²) in [6, 6.07) is 8.31. The van der Waals surface area contributed by atoms with Crippen LogP contribution in [0.2, 0.25) is 0 Å². The molecule has 1 aromatic rings. The molecule has 0 saturated heterocycles. The summed E-state index contributed by atoms with van der Waals surface area (Å²) in [6.45, 7) is 4.00. The van der Waals surface area contributed by atoms with E-state index >= 15 is 0 Å². The van der Waals surface area contributed by atoms with Gasteiger partial charge in [0.15, 0.2) is 0 Å². The van der Waals surface area contributed by atoms with Gasteiger partial charge in [-0.1, -0.05) is 44.2 Å². The summed E-state index contributed by atoms with van der Waals surface area (Å²) in [5, 5.41) is 0. The fourth-order valence-corrected chi connectivity index (χ4v) is 1.85. The van der Waals surface area contributed by atoms with E-state index in [1.807, 2.05) is 26.0 Å². The highest BCUT2D eigenvalue weighted by Crippen LogP contribution is 2.29. The molecule has 0 spiro atoms. The van der Waals surface area contributed by atoms with Crippen molar-refractivity contribution in [3.8, 4) is 0 Å². The molecule has 1 amide bonds. The first-order chi connectivity index (χ1) is 7.77. The van der Waals surface area contributed by atoms with E-state index < -0.39 is 0 Å². The smallest absolute Gasteiger partial charge is 0.217 e. The van der Waals surface area contributed by atoms with Gasteiger partial charge in [0, 0.05) is 6.42 Å². The number of carbonyl (C=O) groups excluding carboxylic acids is 1. The minimum atomic E-state index is -0.227. The van der Waals surface area contributed by atoms with Crippen LogP contribution in [-0.2, 0) is 11.2 Å². The number of nitrogens with two attached hydrogens (primary N) is 1. The largest absolute Gasteiger partial charge is 0.370 e. The molecule has 2 rings (SSSR count). The molecule has 2 nitrogen and oxygen atoms in total. The average Bonchev–Trinajstić information content (AvgIpc) is 2.72. The monoisotopic (exact) mass is 217 g/mol. The van der Waals surface area contributed by atoms with Crippen molar-refractivity contribution in [2.45, 2.75) is 33.1 Å². The molecule has 0 aliphatic heterocycles. The molecule has 86 valence electrons. The molecule has 0 atom stereocenters. The van der Waals surface area contributed by atoms with Crippen LogP contribution in [0, 0.1) is 0 Å². The summed E-state index contributed by atoms with van der Waals surface area (Å²) >= 11 is 0. The summed E-state index contributed by atoms with van der Waals surface area (Å²) in [5.41, 5.74) is 9.03. The van der Waals surface area contributed by atoms with Gasteiger partial charge in [0.25, 0.3) is 0 Å². The molecule has 1 aromatic carbocycles. The predicted octanol–water partition coefficient (Wildman–Crippen LogP) is 2.92. The van der Waals surface area contributed by atoms with Crippen molar-refractivity contribution in [3.63, 3.8) is 0 Å². The lowest BCUT2D eigenvalue weighted by Crippen LogP contribution is -2.09. The number of hydrogen-bond donors (Lipinski definition) is 1. The second kappa shape index (κ2) is 6.11. The van der Waals surface area contributed by atoms with Crippen molar-refractivity contribution in [2.75, 3.05) is 0 Å². The summed E-state index contributed by atoms with van der Waals surface area (Å²) in [4.78, 5) is 10.7. The van der Waals surface area contributed by atoms with Crippen molar-refractivity contribution >= 4 is 11.5 Å². The summed E-state index contributed by atoms with van der Waals surface area (Å²) in [6.07, 6.45) is 4.39. The third kappa shape index (κ3) is 2.96. The van der Waals surface area contributed by atoms with Gasteiger partial charge in [0.05, 0.1) is 0 Å². The number of primary amides is 1. The quantitative estimate of drug-likeness (QED) is 0.831. The number of benzene rings is 1. The molecule has 0 radical (unpaired) electrons. The molecular weight excluding hydrogens is 198 g/mol. The Bertz CT molecular complexity index is 393. The van der Waals surface area contributed by atoms with Gasteiger partial charge in [-0.15, -0.1) is 0 Å². The SMILES string of the molecule is CC.NC(=O)CCC1=CCc2ccccc21. The van der Waals surface area contributed by atoms with E-state index in [4.69, 9.17) is 5.73 Å². The van der Waals surface area contributed by atoms with Gasteiger partial charge >= 0.3 is 0 Å². The van der Waals surface area contributed by atoms with Crippen molar-refractivity contribution in [2.24, 2.45) is 5.73 Å². The van der Waals surface area contributed by atoms with E-state index in [1.165, 1.54) is 16.7 Å². The highest BCUT2D eigenvalue weighted by Gasteiger charge is 2.12. The van der Waals surface area contributed by atoms with Crippen LogP contribution in [0.25, 0.3) is 5.57 Å². The Hall–Kier alpha value is -1.57. The van der Waals surface area contributed by atoms with Crippen LogP contribution >= 0.6 is 0 Å². The van der Waals surface area contributed by atoms with Crippen LogP contribution < -0.4 is 5.73 Å². The fraction of sp³-hybridized carbons (Fsp3) is 0.357. The van der Waals surface area contributed by atoms with Crippen LogP contribution in [0.3, 0.4) is 0 Å². The maximum Gasteiger partial charge on any atom is 0.217 e. The highest BCUT2D eigenvalue weighted by atomic mass is 16.1. The maximum atomic E-state index is 10.7. The molecule has 2 N–H and O–H groups in total. The number of hydrogen-bond acceptors (Lipinski definition) is 1. The molecule has 0 aromatic heterocycles. The van der Waals surface area contributed by atoms with Crippen LogP contribution in [0.4, 0.5) is 0 Å². The Kier molecular flexibility index (Phi) is 4.77. The standard InChI is InChI=1S/C12H13NO.C2H6/c13-12(14)8-7-10-6-5-9-3-1-2-4-11(9)10;1-2/h1-4,6H,5,7-8H2,(H2,13,14);1-2H3. The minimum absolute atomic E-state index is 0.227. The van der Waals surface area contributed by atoms with Crippen molar-refractivity contribution in [1.82, 2.24) is 0 Å². The first-order valence-corrected chi connectivity index (χ1v) is 5.83. The zero-order valence-electron chi connectivity index (χ0n) is 9.99. The number of rotatable bonds is 3. The van der Waals surface area contributed by atoms with Crippen molar-refractivity contribution < 1.29 is 4.79 Å². The molecule has 0 unspecified atom stereocenters. The number of fused-ring (bicyclic) bond motifs is 1. The topological polar surface area (TPSA) is 43.1 Å². The normalized spacial score (nSPS) is 12.2. The molecule has 2 heteroatoms. The predicted molar refractivity (Wildman–Crippen MR) is 67.9 cm³/mol. The van der Waals surface area contributed by atoms with Gasteiger partial charge in [-0.05, 0) is 29.5 Å². The Labute approximate surface area is 97.2 Å². The van der Waals surface area contributed by atoms with Crippen molar-refractivity contribution in [1.29, 1.82) is 0 Å². The number of allylic oxidation sites excluding steroid dienone is 2. The Morgan fingerprint density at radius 1 is 1.31 bits per heavy atom. The summed E-state index contributed by atoms with van der Waals surface area (Å²) < 4.78 is 0. The van der Waals surface area contributed by atoms with E-state index in [1.54, 1.807) is 0 Å². The van der Waals surface area contributed by atoms with Gasteiger partial charge in [-0.2, -0.15) is 0 Å². The van der Waals surface area contributed by atoms with E-state index in [9.17, 15) is 4.79 Å². The van der Waals surface area contributed by atoms with Gasteiger partial charge in [0.1, 0.15) is 0 Å². The Balaban J connectivity index is 0.000000606. The van der Waals surface area contributed by atoms with E-state index in [2.05, 4.69) is 18.2 Å². The number of amides is 1. The van der Waals surface area contributed by atoms with Crippen LogP contribution in [-0.4, -0.2) is 5.91 Å². The van der Waals surface area contributed by atoms with Crippen LogP contribution in [0.1, 0.15) is 37.8 Å². The average molecular weight is 217 g/mol. The second-order valence-electron chi connectivity index (χ2n) is 3.56. The molecule has 0 bridgehead atoms. The second-order valence-corrected chi connectivity index (χ2v) is 3.56. The summed E-state index contributed by atoms with van der Waals surface area (Å²) in [5.74, 6) is -0.227. The third-order valence-corrected chi connectivity index (χ3v) is 2.57. The lowest BCUT2D eigenvalue weighted by atomic mass is 10.0. The van der Waals surface area contributed by atoms with Gasteiger partial charge in [-0.25, -0.2) is 0 Å². The lowest BCUT2D eigenvalue weighted by Gasteiger charge is -2.03. The van der Waals surface area contributed by atoms with Crippen LogP contribution in [0.15, 0.2) is 30.3 Å². The summed E-state index contributed by atoms with van der Waals surface area (Å²) in [7, 11) is 0. The molecule has 16 heavy (non-hydrogen) atoms. The van der Waals surface area contributed by atoms with Gasteiger partial charge < -0.3 is 5.73 Å². The van der Waals surface area contributed by atoms with Gasteiger partial charge in [-0.3, -0.25) is 4.79 Å². The fourth-order valence-electron chi connectivity index (χ4n) is 1.85. The van der Waals surface area contributed by atoms with E-state index in [0.717, 1.165) is 12.8 Å². The van der Waals surface area contributed by atoms with E-state index in [-0.39, 0.29) is 5.91 Å².